The molecule has 6 heteroatoms. The normalized spacial score (nSPS) is 17.8. The lowest BCUT2D eigenvalue weighted by Crippen LogP contribution is -2.27. The van der Waals surface area contributed by atoms with Crippen molar-refractivity contribution in [3.8, 4) is 10.8 Å². The third-order valence-corrected chi connectivity index (χ3v) is 4.79. The van der Waals surface area contributed by atoms with E-state index in [0.717, 1.165) is 48.3 Å². The molecule has 0 spiro atoms. The van der Waals surface area contributed by atoms with Gasteiger partial charge in [0.15, 0.2) is 10.8 Å². The van der Waals surface area contributed by atoms with Crippen molar-refractivity contribution in [2.75, 3.05) is 19.6 Å². The SMILES string of the molecule is Cc1ccc(-c2nc(CC(=O)NCCC3CCNC3)cs2)o1. The summed E-state index contributed by atoms with van der Waals surface area (Å²) in [5, 5.41) is 9.08. The molecule has 0 radical (unpaired) electrons. The summed E-state index contributed by atoms with van der Waals surface area (Å²) in [7, 11) is 0. The second-order valence-electron chi connectivity index (χ2n) is 5.73. The number of nitrogens with one attached hydrogen (secondary N) is 2. The van der Waals surface area contributed by atoms with Gasteiger partial charge >= 0.3 is 0 Å². The van der Waals surface area contributed by atoms with Gasteiger partial charge in [0, 0.05) is 11.9 Å². The fraction of sp³-hybridized carbons (Fsp3) is 0.500. The van der Waals surface area contributed by atoms with Gasteiger partial charge in [0.05, 0.1) is 12.1 Å². The highest BCUT2D eigenvalue weighted by atomic mass is 32.1. The van der Waals surface area contributed by atoms with E-state index in [1.807, 2.05) is 24.4 Å². The maximum Gasteiger partial charge on any atom is 0.226 e. The second kappa shape index (κ2) is 7.07. The Morgan fingerprint density at radius 2 is 2.45 bits per heavy atom. The molecule has 1 amide bonds. The molecule has 22 heavy (non-hydrogen) atoms. The van der Waals surface area contributed by atoms with Crippen molar-refractivity contribution < 1.29 is 9.21 Å². The maximum atomic E-state index is 12.0. The first-order valence-electron chi connectivity index (χ1n) is 7.69. The molecular weight excluding hydrogens is 298 g/mol. The van der Waals surface area contributed by atoms with Gasteiger partial charge in [-0.25, -0.2) is 4.98 Å². The van der Waals surface area contributed by atoms with Crippen molar-refractivity contribution in [1.82, 2.24) is 15.6 Å². The number of carbonyl (C=O) groups excluding carboxylic acids is 1. The van der Waals surface area contributed by atoms with Gasteiger partial charge < -0.3 is 15.1 Å². The highest BCUT2D eigenvalue weighted by Crippen LogP contribution is 2.25. The number of hydrogen-bond donors (Lipinski definition) is 2. The van der Waals surface area contributed by atoms with E-state index in [1.165, 1.54) is 17.8 Å². The molecule has 1 unspecified atom stereocenters. The summed E-state index contributed by atoms with van der Waals surface area (Å²) in [6.07, 6.45) is 2.60. The number of hydrogen-bond acceptors (Lipinski definition) is 5. The first kappa shape index (κ1) is 15.2. The molecule has 1 atom stereocenters. The van der Waals surface area contributed by atoms with Crippen LogP contribution in [0.2, 0.25) is 0 Å². The molecule has 0 bridgehead atoms. The molecule has 1 aliphatic rings. The fourth-order valence-corrected chi connectivity index (χ4v) is 3.43. The summed E-state index contributed by atoms with van der Waals surface area (Å²) >= 11 is 1.51. The predicted octanol–water partition coefficient (Wildman–Crippen LogP) is 2.37. The molecule has 1 aliphatic heterocycles. The molecule has 1 saturated heterocycles. The lowest BCUT2D eigenvalue weighted by Gasteiger charge is -2.08. The average molecular weight is 319 g/mol. The van der Waals surface area contributed by atoms with Gasteiger partial charge in [-0.2, -0.15) is 0 Å². The lowest BCUT2D eigenvalue weighted by molar-refractivity contribution is -0.120. The van der Waals surface area contributed by atoms with Crippen molar-refractivity contribution >= 4 is 17.2 Å². The van der Waals surface area contributed by atoms with Crippen LogP contribution >= 0.6 is 11.3 Å². The van der Waals surface area contributed by atoms with Crippen molar-refractivity contribution in [2.45, 2.75) is 26.2 Å². The first-order valence-corrected chi connectivity index (χ1v) is 8.57. The van der Waals surface area contributed by atoms with Crippen LogP contribution in [0.3, 0.4) is 0 Å². The van der Waals surface area contributed by atoms with Crippen LogP contribution in [0.1, 0.15) is 24.3 Å². The summed E-state index contributed by atoms with van der Waals surface area (Å²) in [6.45, 7) is 4.84. The van der Waals surface area contributed by atoms with E-state index in [2.05, 4.69) is 15.6 Å². The third kappa shape index (κ3) is 3.96. The van der Waals surface area contributed by atoms with Gasteiger partial charge in [-0.15, -0.1) is 11.3 Å². The number of thiazole rings is 1. The van der Waals surface area contributed by atoms with Crippen LogP contribution in [0, 0.1) is 12.8 Å². The van der Waals surface area contributed by atoms with Crippen LogP contribution in [0.4, 0.5) is 0 Å². The Labute approximate surface area is 134 Å². The predicted molar refractivity (Wildman–Crippen MR) is 86.9 cm³/mol. The minimum atomic E-state index is 0.0402. The van der Waals surface area contributed by atoms with E-state index < -0.39 is 0 Å². The summed E-state index contributed by atoms with van der Waals surface area (Å²) in [6, 6.07) is 3.83. The Balaban J connectivity index is 1.46. The Kier molecular flexibility index (Phi) is 4.90. The first-order chi connectivity index (χ1) is 10.7. The monoisotopic (exact) mass is 319 g/mol. The Morgan fingerprint density at radius 3 is 3.18 bits per heavy atom. The van der Waals surface area contributed by atoms with E-state index in [1.54, 1.807) is 0 Å². The van der Waals surface area contributed by atoms with Crippen molar-refractivity contribution in [1.29, 1.82) is 0 Å². The summed E-state index contributed by atoms with van der Waals surface area (Å²) in [5.41, 5.74) is 0.800. The standard InChI is InChI=1S/C16H21N3O2S/c1-11-2-3-14(21-11)16-19-13(10-22-16)8-15(20)18-7-5-12-4-6-17-9-12/h2-3,10,12,17H,4-9H2,1H3,(H,18,20). The Bertz CT molecular complexity index is 629. The van der Waals surface area contributed by atoms with Crippen molar-refractivity contribution in [2.24, 2.45) is 5.92 Å². The quantitative estimate of drug-likeness (QED) is 0.858. The van der Waals surface area contributed by atoms with Gasteiger partial charge in [-0.3, -0.25) is 4.79 Å². The Morgan fingerprint density at radius 1 is 1.55 bits per heavy atom. The van der Waals surface area contributed by atoms with Crippen LogP contribution in [-0.4, -0.2) is 30.5 Å². The molecule has 2 N–H and O–H groups in total. The number of aromatic nitrogens is 1. The number of aryl methyl sites for hydroxylation is 1. The minimum absolute atomic E-state index is 0.0402. The van der Waals surface area contributed by atoms with Crippen LogP contribution in [0.15, 0.2) is 21.9 Å². The van der Waals surface area contributed by atoms with E-state index in [0.29, 0.717) is 12.3 Å². The van der Waals surface area contributed by atoms with Gasteiger partial charge in [0.25, 0.3) is 0 Å². The number of nitrogens with zero attached hydrogens (tertiary/aromatic N) is 1. The average Bonchev–Trinajstić information content (AvgIpc) is 3.20. The number of rotatable bonds is 6. The van der Waals surface area contributed by atoms with E-state index in [9.17, 15) is 4.79 Å². The molecule has 3 rings (SSSR count). The zero-order chi connectivity index (χ0) is 15.4. The second-order valence-corrected chi connectivity index (χ2v) is 6.59. The van der Waals surface area contributed by atoms with Crippen LogP contribution in [0.5, 0.6) is 0 Å². The third-order valence-electron chi connectivity index (χ3n) is 3.88. The number of furan rings is 1. The topological polar surface area (TPSA) is 67.2 Å². The van der Waals surface area contributed by atoms with Crippen molar-refractivity contribution in [3.05, 3.63) is 29.0 Å². The molecule has 0 saturated carbocycles. The van der Waals surface area contributed by atoms with Crippen LogP contribution in [0.25, 0.3) is 10.8 Å². The van der Waals surface area contributed by atoms with Crippen molar-refractivity contribution in [3.63, 3.8) is 0 Å². The molecule has 118 valence electrons. The summed E-state index contributed by atoms with van der Waals surface area (Å²) in [5.74, 6) is 2.38. The largest absolute Gasteiger partial charge is 0.459 e. The number of amides is 1. The molecule has 5 nitrogen and oxygen atoms in total. The van der Waals surface area contributed by atoms with E-state index >= 15 is 0 Å². The van der Waals surface area contributed by atoms with Gasteiger partial charge in [0.2, 0.25) is 5.91 Å². The molecular formula is C16H21N3O2S. The van der Waals surface area contributed by atoms with Crippen LogP contribution in [-0.2, 0) is 11.2 Å². The van der Waals surface area contributed by atoms with Gasteiger partial charge in [0.1, 0.15) is 5.76 Å². The van der Waals surface area contributed by atoms with E-state index in [4.69, 9.17) is 4.42 Å². The summed E-state index contributed by atoms with van der Waals surface area (Å²) < 4.78 is 5.55. The van der Waals surface area contributed by atoms with Gasteiger partial charge in [-0.1, -0.05) is 0 Å². The fourth-order valence-electron chi connectivity index (χ4n) is 2.65. The van der Waals surface area contributed by atoms with Crippen LogP contribution < -0.4 is 10.6 Å². The maximum absolute atomic E-state index is 12.0. The molecule has 3 heterocycles. The zero-order valence-electron chi connectivity index (χ0n) is 12.7. The smallest absolute Gasteiger partial charge is 0.226 e. The van der Waals surface area contributed by atoms with Gasteiger partial charge in [-0.05, 0) is 50.9 Å². The zero-order valence-corrected chi connectivity index (χ0v) is 13.5. The highest BCUT2D eigenvalue weighted by molar-refractivity contribution is 7.13. The minimum Gasteiger partial charge on any atom is -0.459 e. The molecule has 0 aromatic carbocycles. The highest BCUT2D eigenvalue weighted by Gasteiger charge is 2.15. The number of carbonyl (C=O) groups is 1. The molecule has 1 fully saturated rings. The van der Waals surface area contributed by atoms with E-state index in [-0.39, 0.29) is 5.91 Å². The molecule has 0 aliphatic carbocycles. The Hall–Kier alpha value is -1.66. The molecule has 2 aromatic heterocycles. The molecule has 2 aromatic rings. The summed E-state index contributed by atoms with van der Waals surface area (Å²) in [4.78, 5) is 16.4. The lowest BCUT2D eigenvalue weighted by atomic mass is 10.1.